The van der Waals surface area contributed by atoms with E-state index in [0.717, 1.165) is 11.1 Å². The molecule has 0 amide bonds. The van der Waals surface area contributed by atoms with E-state index in [9.17, 15) is 13.2 Å². The summed E-state index contributed by atoms with van der Waals surface area (Å²) >= 11 is 0. The van der Waals surface area contributed by atoms with Gasteiger partial charge in [-0.2, -0.15) is 5.10 Å². The zero-order valence-corrected chi connectivity index (χ0v) is 12.8. The highest BCUT2D eigenvalue weighted by Crippen LogP contribution is 2.21. The highest BCUT2D eigenvalue weighted by Gasteiger charge is 2.18. The van der Waals surface area contributed by atoms with Crippen LogP contribution in [0.3, 0.4) is 0 Å². The van der Waals surface area contributed by atoms with Gasteiger partial charge in [-0.05, 0) is 31.5 Å². The van der Waals surface area contributed by atoms with Gasteiger partial charge in [-0.25, -0.2) is 13.5 Å². The number of sulfonamides is 1. The predicted octanol–water partition coefficient (Wildman–Crippen LogP) is 1.44. The van der Waals surface area contributed by atoms with Gasteiger partial charge >= 0.3 is 0 Å². The zero-order chi connectivity index (χ0) is 15.9. The molecule has 0 bridgehead atoms. The lowest BCUT2D eigenvalue weighted by Gasteiger charge is -2.09. The van der Waals surface area contributed by atoms with Crippen molar-refractivity contribution in [2.45, 2.75) is 18.7 Å². The standard InChI is InChI=1S/C14H14N4O3S/c1-9-3-4-12(10(2)5-9)17-22(20,21)11-6-13-14(19)16-15-8-18(13)7-11/h3-8,17H,1-2H3,(H,16,19). The number of H-pyrrole nitrogens is 1. The quantitative estimate of drug-likeness (QED) is 0.763. The fraction of sp³-hybridized carbons (Fsp3) is 0.143. The van der Waals surface area contributed by atoms with Gasteiger partial charge in [-0.3, -0.25) is 13.9 Å². The van der Waals surface area contributed by atoms with Crippen LogP contribution in [0.1, 0.15) is 11.1 Å². The highest BCUT2D eigenvalue weighted by molar-refractivity contribution is 7.92. The molecule has 0 saturated carbocycles. The lowest BCUT2D eigenvalue weighted by atomic mass is 10.1. The van der Waals surface area contributed by atoms with Crippen molar-refractivity contribution in [3.05, 3.63) is 58.3 Å². The molecular weight excluding hydrogens is 304 g/mol. The molecule has 0 fully saturated rings. The summed E-state index contributed by atoms with van der Waals surface area (Å²) in [6.45, 7) is 3.76. The molecule has 0 aliphatic carbocycles. The number of anilines is 1. The second-order valence-electron chi connectivity index (χ2n) is 5.08. The number of aryl methyl sites for hydroxylation is 2. The number of rotatable bonds is 3. The Bertz CT molecular complexity index is 1020. The Morgan fingerprint density at radius 3 is 2.68 bits per heavy atom. The van der Waals surface area contributed by atoms with E-state index in [1.165, 1.54) is 23.0 Å². The van der Waals surface area contributed by atoms with Crippen LogP contribution in [0.15, 0.2) is 46.5 Å². The Morgan fingerprint density at radius 1 is 1.23 bits per heavy atom. The van der Waals surface area contributed by atoms with Gasteiger partial charge in [0.25, 0.3) is 15.6 Å². The van der Waals surface area contributed by atoms with Crippen molar-refractivity contribution in [3.63, 3.8) is 0 Å². The first-order valence-electron chi connectivity index (χ1n) is 6.52. The molecule has 8 heteroatoms. The molecule has 0 aliphatic rings. The van der Waals surface area contributed by atoms with Crippen LogP contribution in [0.25, 0.3) is 5.52 Å². The van der Waals surface area contributed by atoms with Gasteiger partial charge in [0.2, 0.25) is 0 Å². The van der Waals surface area contributed by atoms with E-state index in [1.807, 2.05) is 26.0 Å². The lowest BCUT2D eigenvalue weighted by Crippen LogP contribution is -2.13. The Balaban J connectivity index is 2.04. The minimum absolute atomic E-state index is 0.00553. The average Bonchev–Trinajstić information content (AvgIpc) is 2.88. The third-order valence-corrected chi connectivity index (χ3v) is 4.67. The normalized spacial score (nSPS) is 11.7. The zero-order valence-electron chi connectivity index (χ0n) is 12.0. The van der Waals surface area contributed by atoms with Crippen molar-refractivity contribution < 1.29 is 8.42 Å². The molecule has 114 valence electrons. The molecule has 2 N–H and O–H groups in total. The van der Waals surface area contributed by atoms with Crippen LogP contribution in [-0.2, 0) is 10.0 Å². The predicted molar refractivity (Wildman–Crippen MR) is 82.5 cm³/mol. The van der Waals surface area contributed by atoms with E-state index in [1.54, 1.807) is 6.07 Å². The molecule has 2 aromatic heterocycles. The van der Waals surface area contributed by atoms with Crippen molar-refractivity contribution in [1.29, 1.82) is 0 Å². The molecule has 0 unspecified atom stereocenters. The fourth-order valence-electron chi connectivity index (χ4n) is 2.22. The molecule has 0 aliphatic heterocycles. The number of hydrogen-bond acceptors (Lipinski definition) is 4. The molecule has 3 aromatic rings. The SMILES string of the molecule is Cc1ccc(NS(=O)(=O)c2cc3c(=O)[nH]ncn3c2)c(C)c1. The maximum Gasteiger partial charge on any atom is 0.288 e. The summed E-state index contributed by atoms with van der Waals surface area (Å²) in [6, 6.07) is 6.75. The minimum atomic E-state index is -3.78. The number of fused-ring (bicyclic) bond motifs is 1. The summed E-state index contributed by atoms with van der Waals surface area (Å²) in [6.07, 6.45) is 2.69. The number of nitrogens with zero attached hydrogens (tertiary/aromatic N) is 2. The lowest BCUT2D eigenvalue weighted by molar-refractivity contribution is 0.601. The van der Waals surface area contributed by atoms with Crippen LogP contribution >= 0.6 is 0 Å². The maximum absolute atomic E-state index is 12.5. The summed E-state index contributed by atoms with van der Waals surface area (Å²) in [5.74, 6) is 0. The Kier molecular flexibility index (Phi) is 3.25. The maximum atomic E-state index is 12.5. The summed E-state index contributed by atoms with van der Waals surface area (Å²) in [7, 11) is -3.78. The number of benzene rings is 1. The smallest absolute Gasteiger partial charge is 0.288 e. The number of hydrogen-bond donors (Lipinski definition) is 2. The second-order valence-corrected chi connectivity index (χ2v) is 6.76. The van der Waals surface area contributed by atoms with Gasteiger partial charge in [-0.15, -0.1) is 0 Å². The average molecular weight is 318 g/mol. The molecule has 0 saturated heterocycles. The highest BCUT2D eigenvalue weighted by atomic mass is 32.2. The Morgan fingerprint density at radius 2 is 2.00 bits per heavy atom. The van der Waals surface area contributed by atoms with Gasteiger partial charge in [-0.1, -0.05) is 17.7 Å². The van der Waals surface area contributed by atoms with Crippen LogP contribution in [0.4, 0.5) is 5.69 Å². The van der Waals surface area contributed by atoms with Crippen LogP contribution in [0, 0.1) is 13.8 Å². The number of aromatic amines is 1. The van der Waals surface area contributed by atoms with E-state index >= 15 is 0 Å². The van der Waals surface area contributed by atoms with Crippen LogP contribution in [0.2, 0.25) is 0 Å². The number of aromatic nitrogens is 3. The van der Waals surface area contributed by atoms with Crippen molar-refractivity contribution >= 4 is 21.2 Å². The largest absolute Gasteiger partial charge is 0.300 e. The minimum Gasteiger partial charge on any atom is -0.300 e. The third-order valence-electron chi connectivity index (χ3n) is 3.34. The van der Waals surface area contributed by atoms with E-state index in [0.29, 0.717) is 5.69 Å². The van der Waals surface area contributed by atoms with Crippen molar-refractivity contribution in [3.8, 4) is 0 Å². The van der Waals surface area contributed by atoms with Gasteiger partial charge in [0.1, 0.15) is 16.7 Å². The topological polar surface area (TPSA) is 96.3 Å². The number of nitrogens with one attached hydrogen (secondary N) is 2. The third kappa shape index (κ3) is 2.48. The first kappa shape index (κ1) is 14.3. The molecule has 22 heavy (non-hydrogen) atoms. The Labute approximate surface area is 126 Å². The van der Waals surface area contributed by atoms with Gasteiger partial charge in [0.05, 0.1) is 5.69 Å². The molecule has 0 radical (unpaired) electrons. The summed E-state index contributed by atoms with van der Waals surface area (Å²) < 4.78 is 28.8. The molecule has 7 nitrogen and oxygen atoms in total. The van der Waals surface area contributed by atoms with E-state index in [4.69, 9.17) is 0 Å². The van der Waals surface area contributed by atoms with E-state index in [2.05, 4.69) is 14.9 Å². The monoisotopic (exact) mass is 318 g/mol. The van der Waals surface area contributed by atoms with E-state index in [-0.39, 0.29) is 10.4 Å². The first-order valence-corrected chi connectivity index (χ1v) is 8.00. The van der Waals surface area contributed by atoms with Crippen molar-refractivity contribution in [1.82, 2.24) is 14.6 Å². The van der Waals surface area contributed by atoms with Crippen molar-refractivity contribution in [2.75, 3.05) is 4.72 Å². The molecule has 0 spiro atoms. The van der Waals surface area contributed by atoms with Gasteiger partial charge in [0.15, 0.2) is 0 Å². The fourth-order valence-corrected chi connectivity index (χ4v) is 3.37. The molecule has 3 rings (SSSR count). The van der Waals surface area contributed by atoms with E-state index < -0.39 is 15.6 Å². The second kappa shape index (κ2) is 4.99. The molecular formula is C14H14N4O3S. The molecule has 1 aromatic carbocycles. The van der Waals surface area contributed by atoms with Crippen molar-refractivity contribution in [2.24, 2.45) is 0 Å². The van der Waals surface area contributed by atoms with Crippen LogP contribution < -0.4 is 10.3 Å². The summed E-state index contributed by atoms with van der Waals surface area (Å²) in [5.41, 5.74) is 2.15. The van der Waals surface area contributed by atoms with Gasteiger partial charge in [0, 0.05) is 6.20 Å². The summed E-state index contributed by atoms with van der Waals surface area (Å²) in [5, 5.41) is 5.89. The molecule has 0 atom stereocenters. The summed E-state index contributed by atoms with van der Waals surface area (Å²) in [4.78, 5) is 11.6. The van der Waals surface area contributed by atoms with Crippen LogP contribution in [-0.4, -0.2) is 23.0 Å². The van der Waals surface area contributed by atoms with Crippen LogP contribution in [0.5, 0.6) is 0 Å². The Hall–Kier alpha value is -2.61. The van der Waals surface area contributed by atoms with Gasteiger partial charge < -0.3 is 0 Å². The molecule has 2 heterocycles. The first-order chi connectivity index (χ1) is 10.4.